The molecular weight excluding hydrogens is 429 g/mol. The molecule has 2 aliphatic carbocycles. The maximum atomic E-state index is 13.1. The van der Waals surface area contributed by atoms with Crippen LogP contribution in [-0.2, 0) is 4.79 Å². The van der Waals surface area contributed by atoms with Crippen LogP contribution in [0.5, 0.6) is 0 Å². The first-order chi connectivity index (χ1) is 15.7. The normalized spacial score (nSPS) is 16.6. The van der Waals surface area contributed by atoms with Crippen LogP contribution in [-0.4, -0.2) is 36.7 Å². The Bertz CT molecular complexity index is 1020. The molecule has 0 aliphatic heterocycles. The lowest BCUT2D eigenvalue weighted by Gasteiger charge is -2.14. The van der Waals surface area contributed by atoms with Crippen LogP contribution in [0.3, 0.4) is 0 Å². The molecule has 1 aromatic carbocycles. The van der Waals surface area contributed by atoms with Crippen molar-refractivity contribution in [1.82, 2.24) is 15.6 Å². The van der Waals surface area contributed by atoms with Crippen LogP contribution in [0, 0.1) is 5.92 Å². The van der Waals surface area contributed by atoms with Crippen molar-refractivity contribution < 1.29 is 18.0 Å². The molecule has 2 aromatic rings. The highest BCUT2D eigenvalue weighted by Crippen LogP contribution is 2.36. The molecule has 1 amide bonds. The summed E-state index contributed by atoms with van der Waals surface area (Å²) >= 11 is 0. The SMILES string of the molecule is C=C(c1nc(/C=C/CNC(=O)C2CC2)cc2c(N)cccc12)C(F)(F)F.CNC1CCCC1. The molecule has 1 heterocycles. The number of carbonyl (C=O) groups is 1. The van der Waals surface area contributed by atoms with E-state index in [1.54, 1.807) is 30.4 Å². The number of amides is 1. The molecule has 2 fully saturated rings. The van der Waals surface area contributed by atoms with Gasteiger partial charge in [0.25, 0.3) is 0 Å². The molecule has 0 bridgehead atoms. The van der Waals surface area contributed by atoms with Crippen molar-refractivity contribution in [2.24, 2.45) is 5.92 Å². The van der Waals surface area contributed by atoms with E-state index in [0.29, 0.717) is 22.2 Å². The Hall–Kier alpha value is -2.87. The van der Waals surface area contributed by atoms with Gasteiger partial charge in [-0.15, -0.1) is 0 Å². The van der Waals surface area contributed by atoms with Crippen LogP contribution < -0.4 is 16.4 Å². The molecule has 33 heavy (non-hydrogen) atoms. The van der Waals surface area contributed by atoms with Gasteiger partial charge < -0.3 is 16.4 Å². The monoisotopic (exact) mass is 460 g/mol. The number of alkyl halides is 3. The Labute approximate surface area is 192 Å². The Morgan fingerprint density at radius 3 is 2.48 bits per heavy atom. The lowest BCUT2D eigenvalue weighted by Crippen LogP contribution is -2.24. The van der Waals surface area contributed by atoms with E-state index in [4.69, 9.17) is 5.73 Å². The van der Waals surface area contributed by atoms with Gasteiger partial charge in [0.15, 0.2) is 0 Å². The number of anilines is 1. The molecule has 5 nitrogen and oxygen atoms in total. The van der Waals surface area contributed by atoms with Gasteiger partial charge in [0, 0.05) is 35.0 Å². The minimum Gasteiger partial charge on any atom is -0.398 e. The second-order valence-corrected chi connectivity index (χ2v) is 8.51. The highest BCUT2D eigenvalue weighted by atomic mass is 19.4. The molecule has 4 N–H and O–H groups in total. The van der Waals surface area contributed by atoms with E-state index in [1.165, 1.54) is 31.7 Å². The first kappa shape index (κ1) is 24.8. The average Bonchev–Trinajstić information content (AvgIpc) is 3.50. The van der Waals surface area contributed by atoms with E-state index >= 15 is 0 Å². The number of fused-ring (bicyclic) bond motifs is 1. The zero-order valence-electron chi connectivity index (χ0n) is 18.8. The number of nitrogens with zero attached hydrogens (tertiary/aromatic N) is 1. The summed E-state index contributed by atoms with van der Waals surface area (Å²) < 4.78 is 39.4. The average molecular weight is 461 g/mol. The first-order valence-corrected chi connectivity index (χ1v) is 11.3. The predicted molar refractivity (Wildman–Crippen MR) is 127 cm³/mol. The fourth-order valence-corrected chi connectivity index (χ4v) is 3.81. The number of hydrogen-bond donors (Lipinski definition) is 3. The summed E-state index contributed by atoms with van der Waals surface area (Å²) in [4.78, 5) is 15.7. The van der Waals surface area contributed by atoms with Gasteiger partial charge >= 0.3 is 6.18 Å². The number of carbonyl (C=O) groups excluding carboxylic acids is 1. The van der Waals surface area contributed by atoms with Gasteiger partial charge in [0.2, 0.25) is 5.91 Å². The van der Waals surface area contributed by atoms with Gasteiger partial charge in [-0.05, 0) is 50.9 Å². The van der Waals surface area contributed by atoms with Crippen molar-refractivity contribution >= 4 is 34.0 Å². The molecule has 178 valence electrons. The molecular formula is C25H31F3N4O. The molecule has 0 radical (unpaired) electrons. The van der Waals surface area contributed by atoms with Crippen LogP contribution in [0.15, 0.2) is 36.9 Å². The molecule has 2 aliphatic rings. The maximum Gasteiger partial charge on any atom is 0.417 e. The maximum absolute atomic E-state index is 13.1. The van der Waals surface area contributed by atoms with Gasteiger partial charge in [-0.2, -0.15) is 13.2 Å². The summed E-state index contributed by atoms with van der Waals surface area (Å²) in [7, 11) is 2.05. The van der Waals surface area contributed by atoms with Gasteiger partial charge in [-0.25, -0.2) is 4.98 Å². The third kappa shape index (κ3) is 6.81. The zero-order chi connectivity index (χ0) is 24.0. The van der Waals surface area contributed by atoms with Crippen molar-refractivity contribution in [1.29, 1.82) is 0 Å². The number of allylic oxidation sites excluding steroid dienone is 1. The number of rotatable bonds is 6. The summed E-state index contributed by atoms with van der Waals surface area (Å²) in [5, 5.41) is 6.79. The first-order valence-electron chi connectivity index (χ1n) is 11.3. The lowest BCUT2D eigenvalue weighted by atomic mass is 10.0. The Balaban J connectivity index is 0.000000374. The topological polar surface area (TPSA) is 80.0 Å². The molecule has 8 heteroatoms. The fourth-order valence-electron chi connectivity index (χ4n) is 3.81. The summed E-state index contributed by atoms with van der Waals surface area (Å²) in [6.45, 7) is 3.44. The highest BCUT2D eigenvalue weighted by molar-refractivity contribution is 6.00. The lowest BCUT2D eigenvalue weighted by molar-refractivity contribution is -0.122. The Morgan fingerprint density at radius 1 is 1.21 bits per heavy atom. The quantitative estimate of drug-likeness (QED) is 0.525. The van der Waals surface area contributed by atoms with Gasteiger partial charge in [0.05, 0.1) is 17.0 Å². The van der Waals surface area contributed by atoms with Gasteiger partial charge in [0.1, 0.15) is 0 Å². The number of pyridine rings is 1. The molecule has 4 rings (SSSR count). The third-order valence-electron chi connectivity index (χ3n) is 5.95. The fraction of sp³-hybridized carbons (Fsp3) is 0.440. The molecule has 2 saturated carbocycles. The van der Waals surface area contributed by atoms with Gasteiger partial charge in [-0.3, -0.25) is 4.79 Å². The number of aromatic nitrogens is 1. The zero-order valence-corrected chi connectivity index (χ0v) is 18.8. The summed E-state index contributed by atoms with van der Waals surface area (Å²) in [5.41, 5.74) is 5.32. The number of hydrogen-bond acceptors (Lipinski definition) is 4. The molecule has 1 aromatic heterocycles. The van der Waals surface area contributed by atoms with Crippen molar-refractivity contribution in [2.45, 2.75) is 50.7 Å². The van der Waals surface area contributed by atoms with Crippen molar-refractivity contribution in [3.8, 4) is 0 Å². The Kier molecular flexibility index (Phi) is 8.13. The van der Waals surface area contributed by atoms with E-state index in [1.807, 2.05) is 0 Å². The number of benzene rings is 1. The minimum absolute atomic E-state index is 0.00324. The number of nitrogens with two attached hydrogens (primary N) is 1. The summed E-state index contributed by atoms with van der Waals surface area (Å²) in [5.74, 6) is 0.0974. The van der Waals surface area contributed by atoms with Crippen molar-refractivity contribution in [3.63, 3.8) is 0 Å². The number of nitrogen functional groups attached to an aromatic ring is 1. The highest BCUT2D eigenvalue weighted by Gasteiger charge is 2.35. The standard InChI is InChI=1S/C19H18F3N3O.C6H13N/c1-11(19(20,21)22)17-14-5-2-6-16(23)15(14)10-13(25-17)4-3-9-24-18(26)12-7-8-12;1-7-6-4-2-3-5-6/h2-6,10,12H,1,7-9,23H2,(H,24,26);6-7H,2-5H2,1H3/b4-3+;. The van der Waals surface area contributed by atoms with E-state index in [-0.39, 0.29) is 24.1 Å². The summed E-state index contributed by atoms with van der Waals surface area (Å²) in [6.07, 6.45) is 6.10. The van der Waals surface area contributed by atoms with E-state index in [9.17, 15) is 18.0 Å². The van der Waals surface area contributed by atoms with Crippen LogP contribution in [0.25, 0.3) is 22.4 Å². The van der Waals surface area contributed by atoms with E-state index in [0.717, 1.165) is 18.9 Å². The van der Waals surface area contributed by atoms with Crippen LogP contribution in [0.1, 0.15) is 49.9 Å². The summed E-state index contributed by atoms with van der Waals surface area (Å²) in [6, 6.07) is 7.20. The second kappa shape index (κ2) is 10.8. The third-order valence-corrected chi connectivity index (χ3v) is 5.95. The second-order valence-electron chi connectivity index (χ2n) is 8.51. The van der Waals surface area contributed by atoms with Crippen LogP contribution in [0.2, 0.25) is 0 Å². The number of nitrogens with one attached hydrogen (secondary N) is 2. The molecule has 0 saturated heterocycles. The van der Waals surface area contributed by atoms with Crippen LogP contribution >= 0.6 is 0 Å². The van der Waals surface area contributed by atoms with Crippen LogP contribution in [0.4, 0.5) is 18.9 Å². The molecule has 0 unspecified atom stereocenters. The van der Waals surface area contributed by atoms with E-state index in [2.05, 4.69) is 29.2 Å². The number of halogens is 3. The minimum atomic E-state index is -4.59. The largest absolute Gasteiger partial charge is 0.417 e. The van der Waals surface area contributed by atoms with E-state index < -0.39 is 11.7 Å². The van der Waals surface area contributed by atoms with Crippen molar-refractivity contribution in [3.05, 3.63) is 48.3 Å². The molecule has 0 spiro atoms. The molecule has 0 atom stereocenters. The van der Waals surface area contributed by atoms with Crippen molar-refractivity contribution in [2.75, 3.05) is 19.3 Å². The van der Waals surface area contributed by atoms with Gasteiger partial charge in [-0.1, -0.05) is 37.6 Å². The predicted octanol–water partition coefficient (Wildman–Crippen LogP) is 5.08. The Morgan fingerprint density at radius 2 is 1.91 bits per heavy atom. The smallest absolute Gasteiger partial charge is 0.398 e.